The van der Waals surface area contributed by atoms with Gasteiger partial charge < -0.3 is 14.3 Å². The molecule has 0 bridgehead atoms. The molecule has 0 N–H and O–H groups in total. The molecule has 0 saturated carbocycles. The fraction of sp³-hybridized carbons (Fsp3) is 0.667. The number of amides is 1. The standard InChI is InChI=1S/C9H14N4O2/c1-12(2)9-10-7(15-11-9)6-13-5-3-4-8(13)14/h3-6H2,1-2H3. The van der Waals surface area contributed by atoms with Crippen LogP contribution in [-0.2, 0) is 11.3 Å². The molecule has 1 aliphatic heterocycles. The molecule has 1 aliphatic rings. The zero-order valence-electron chi connectivity index (χ0n) is 8.93. The Kier molecular flexibility index (Phi) is 2.57. The minimum atomic E-state index is 0.166. The molecule has 6 heteroatoms. The number of carbonyl (C=O) groups excluding carboxylic acids is 1. The summed E-state index contributed by atoms with van der Waals surface area (Å²) in [6, 6.07) is 0. The summed E-state index contributed by atoms with van der Waals surface area (Å²) >= 11 is 0. The largest absolute Gasteiger partial charge is 0.344 e. The summed E-state index contributed by atoms with van der Waals surface area (Å²) in [4.78, 5) is 19.0. The van der Waals surface area contributed by atoms with E-state index in [4.69, 9.17) is 4.52 Å². The summed E-state index contributed by atoms with van der Waals surface area (Å²) in [7, 11) is 3.69. The highest BCUT2D eigenvalue weighted by Gasteiger charge is 2.22. The quantitative estimate of drug-likeness (QED) is 0.716. The first-order valence-electron chi connectivity index (χ1n) is 4.94. The van der Waals surface area contributed by atoms with Gasteiger partial charge in [0.05, 0.1) is 0 Å². The van der Waals surface area contributed by atoms with Crippen molar-refractivity contribution in [2.75, 3.05) is 25.5 Å². The Morgan fingerprint density at radius 3 is 2.87 bits per heavy atom. The zero-order chi connectivity index (χ0) is 10.8. The predicted molar refractivity (Wildman–Crippen MR) is 53.3 cm³/mol. The Morgan fingerprint density at radius 1 is 1.53 bits per heavy atom. The predicted octanol–water partition coefficient (Wildman–Crippen LogP) is 0.258. The summed E-state index contributed by atoms with van der Waals surface area (Å²) < 4.78 is 5.04. The highest BCUT2D eigenvalue weighted by atomic mass is 16.5. The molecule has 0 spiro atoms. The molecule has 2 heterocycles. The maximum Gasteiger partial charge on any atom is 0.265 e. The van der Waals surface area contributed by atoms with Gasteiger partial charge in [0.2, 0.25) is 11.8 Å². The van der Waals surface area contributed by atoms with Crippen LogP contribution in [0.3, 0.4) is 0 Å². The van der Waals surface area contributed by atoms with Crippen LogP contribution in [0, 0.1) is 0 Å². The van der Waals surface area contributed by atoms with E-state index in [0.717, 1.165) is 13.0 Å². The first-order chi connectivity index (χ1) is 7.16. The van der Waals surface area contributed by atoms with Gasteiger partial charge in [-0.2, -0.15) is 4.98 Å². The molecular weight excluding hydrogens is 196 g/mol. The fourth-order valence-corrected chi connectivity index (χ4v) is 1.53. The number of hydrogen-bond donors (Lipinski definition) is 0. The first-order valence-corrected chi connectivity index (χ1v) is 4.94. The summed E-state index contributed by atoms with van der Waals surface area (Å²) in [6.45, 7) is 1.22. The fourth-order valence-electron chi connectivity index (χ4n) is 1.53. The number of hydrogen-bond acceptors (Lipinski definition) is 5. The molecule has 1 fully saturated rings. The van der Waals surface area contributed by atoms with Crippen LogP contribution in [-0.4, -0.2) is 41.6 Å². The van der Waals surface area contributed by atoms with Crippen molar-refractivity contribution in [3.63, 3.8) is 0 Å². The van der Waals surface area contributed by atoms with Crippen molar-refractivity contribution in [3.05, 3.63) is 5.89 Å². The van der Waals surface area contributed by atoms with Crippen molar-refractivity contribution in [1.29, 1.82) is 0 Å². The monoisotopic (exact) mass is 210 g/mol. The van der Waals surface area contributed by atoms with Crippen LogP contribution in [0.4, 0.5) is 5.95 Å². The van der Waals surface area contributed by atoms with Gasteiger partial charge in [-0.25, -0.2) is 0 Å². The first kappa shape index (κ1) is 9.95. The Hall–Kier alpha value is -1.59. The molecule has 0 atom stereocenters. The molecule has 1 saturated heterocycles. The normalized spacial score (nSPS) is 16.1. The van der Waals surface area contributed by atoms with Crippen LogP contribution in [0.2, 0.25) is 0 Å². The van der Waals surface area contributed by atoms with E-state index in [1.807, 2.05) is 14.1 Å². The Morgan fingerprint density at radius 2 is 2.33 bits per heavy atom. The number of rotatable bonds is 3. The van der Waals surface area contributed by atoms with Crippen molar-refractivity contribution < 1.29 is 9.32 Å². The summed E-state index contributed by atoms with van der Waals surface area (Å²) in [5.41, 5.74) is 0. The van der Waals surface area contributed by atoms with E-state index in [0.29, 0.717) is 24.8 Å². The average molecular weight is 210 g/mol. The SMILES string of the molecule is CN(C)c1noc(CN2CCCC2=O)n1. The summed E-state index contributed by atoms with van der Waals surface area (Å²) in [5.74, 6) is 1.20. The number of aromatic nitrogens is 2. The van der Waals surface area contributed by atoms with E-state index in [-0.39, 0.29) is 5.91 Å². The van der Waals surface area contributed by atoms with Gasteiger partial charge in [0, 0.05) is 27.1 Å². The van der Waals surface area contributed by atoms with Crippen molar-refractivity contribution in [3.8, 4) is 0 Å². The third-order valence-corrected chi connectivity index (χ3v) is 2.35. The van der Waals surface area contributed by atoms with Gasteiger partial charge in [-0.3, -0.25) is 4.79 Å². The van der Waals surface area contributed by atoms with Crippen LogP contribution in [0.5, 0.6) is 0 Å². The van der Waals surface area contributed by atoms with E-state index in [2.05, 4.69) is 10.1 Å². The Balaban J connectivity index is 2.01. The van der Waals surface area contributed by atoms with Crippen LogP contribution in [0.15, 0.2) is 4.52 Å². The number of carbonyl (C=O) groups is 1. The van der Waals surface area contributed by atoms with E-state index in [1.54, 1.807) is 9.80 Å². The minimum Gasteiger partial charge on any atom is -0.344 e. The Labute approximate surface area is 87.8 Å². The van der Waals surface area contributed by atoms with Gasteiger partial charge >= 0.3 is 0 Å². The Bertz CT molecular complexity index is 361. The van der Waals surface area contributed by atoms with Crippen molar-refractivity contribution >= 4 is 11.9 Å². The molecule has 15 heavy (non-hydrogen) atoms. The molecule has 1 aromatic rings. The van der Waals surface area contributed by atoms with E-state index < -0.39 is 0 Å². The molecule has 82 valence electrons. The molecule has 0 aliphatic carbocycles. The number of likely N-dealkylation sites (tertiary alicyclic amines) is 1. The highest BCUT2D eigenvalue weighted by molar-refractivity contribution is 5.77. The molecular formula is C9H14N4O2. The minimum absolute atomic E-state index is 0.166. The smallest absolute Gasteiger partial charge is 0.265 e. The average Bonchev–Trinajstić information content (AvgIpc) is 2.77. The van der Waals surface area contributed by atoms with Crippen LogP contribution in [0.1, 0.15) is 18.7 Å². The summed E-state index contributed by atoms with van der Waals surface area (Å²) in [6.07, 6.45) is 1.56. The lowest BCUT2D eigenvalue weighted by atomic mass is 10.4. The third kappa shape index (κ3) is 2.08. The van der Waals surface area contributed by atoms with E-state index in [1.165, 1.54) is 0 Å². The molecule has 0 aromatic carbocycles. The zero-order valence-corrected chi connectivity index (χ0v) is 8.93. The molecule has 0 radical (unpaired) electrons. The molecule has 6 nitrogen and oxygen atoms in total. The third-order valence-electron chi connectivity index (χ3n) is 2.35. The lowest BCUT2D eigenvalue weighted by Gasteiger charge is -2.11. The van der Waals surface area contributed by atoms with Gasteiger partial charge in [0.25, 0.3) is 5.95 Å². The van der Waals surface area contributed by atoms with E-state index >= 15 is 0 Å². The van der Waals surface area contributed by atoms with Gasteiger partial charge in [-0.1, -0.05) is 0 Å². The molecule has 0 unspecified atom stereocenters. The number of nitrogens with zero attached hydrogens (tertiary/aromatic N) is 4. The summed E-state index contributed by atoms with van der Waals surface area (Å²) in [5, 5.41) is 3.78. The van der Waals surface area contributed by atoms with Crippen LogP contribution < -0.4 is 4.90 Å². The maximum absolute atomic E-state index is 11.3. The lowest BCUT2D eigenvalue weighted by Crippen LogP contribution is -2.24. The van der Waals surface area contributed by atoms with Crippen LogP contribution >= 0.6 is 0 Å². The molecule has 1 amide bonds. The van der Waals surface area contributed by atoms with E-state index in [9.17, 15) is 4.79 Å². The molecule has 1 aromatic heterocycles. The maximum atomic E-state index is 11.3. The van der Waals surface area contributed by atoms with Gasteiger partial charge in [-0.05, 0) is 11.6 Å². The lowest BCUT2D eigenvalue weighted by molar-refractivity contribution is -0.128. The second-order valence-electron chi connectivity index (χ2n) is 3.80. The topological polar surface area (TPSA) is 62.5 Å². The van der Waals surface area contributed by atoms with Crippen molar-refractivity contribution in [2.24, 2.45) is 0 Å². The second kappa shape index (κ2) is 3.88. The van der Waals surface area contributed by atoms with Crippen molar-refractivity contribution in [1.82, 2.24) is 15.0 Å². The van der Waals surface area contributed by atoms with Gasteiger partial charge in [0.1, 0.15) is 6.54 Å². The van der Waals surface area contributed by atoms with Crippen LogP contribution in [0.25, 0.3) is 0 Å². The number of anilines is 1. The second-order valence-corrected chi connectivity index (χ2v) is 3.80. The highest BCUT2D eigenvalue weighted by Crippen LogP contribution is 2.14. The van der Waals surface area contributed by atoms with Gasteiger partial charge in [0.15, 0.2) is 0 Å². The van der Waals surface area contributed by atoms with Crippen molar-refractivity contribution in [2.45, 2.75) is 19.4 Å². The molecule has 2 rings (SSSR count). The van der Waals surface area contributed by atoms with Gasteiger partial charge in [-0.15, -0.1) is 0 Å².